The lowest BCUT2D eigenvalue weighted by atomic mass is 10.3. The van der Waals surface area contributed by atoms with E-state index in [4.69, 9.17) is 12.2 Å². The van der Waals surface area contributed by atoms with Crippen LogP contribution in [0.15, 0.2) is 6.20 Å². The first-order valence-corrected chi connectivity index (χ1v) is 3.14. The van der Waals surface area contributed by atoms with Crippen LogP contribution in [0.3, 0.4) is 0 Å². The number of aromatic amines is 2. The van der Waals surface area contributed by atoms with Gasteiger partial charge >= 0.3 is 0 Å². The lowest BCUT2D eigenvalue weighted by Crippen LogP contribution is -2.17. The highest BCUT2D eigenvalue weighted by Crippen LogP contribution is 1.95. The van der Waals surface area contributed by atoms with E-state index in [1.807, 2.05) is 0 Å². The summed E-state index contributed by atoms with van der Waals surface area (Å²) in [4.78, 5) is 10.9. The van der Waals surface area contributed by atoms with Crippen LogP contribution >= 0.6 is 12.2 Å². The predicted molar refractivity (Wildman–Crippen MR) is 39.4 cm³/mol. The van der Waals surface area contributed by atoms with Gasteiger partial charge in [0.1, 0.15) is 4.64 Å². The first-order chi connectivity index (χ1) is 4.75. The molecule has 0 aliphatic heterocycles. The van der Waals surface area contributed by atoms with Gasteiger partial charge in [0.2, 0.25) is 0 Å². The average Bonchev–Trinajstić information content (AvgIpc) is 2.34. The quantitative estimate of drug-likeness (QED) is 0.518. The van der Waals surface area contributed by atoms with E-state index in [2.05, 4.69) is 15.5 Å². The molecule has 0 spiro atoms. The van der Waals surface area contributed by atoms with Crippen molar-refractivity contribution in [2.45, 2.75) is 0 Å². The van der Waals surface area contributed by atoms with E-state index >= 15 is 0 Å². The summed E-state index contributed by atoms with van der Waals surface area (Å²) in [5.41, 5.74) is 0.470. The van der Waals surface area contributed by atoms with Gasteiger partial charge in [0.25, 0.3) is 5.91 Å². The second kappa shape index (κ2) is 2.66. The summed E-state index contributed by atoms with van der Waals surface area (Å²) in [5.74, 6) is -0.178. The van der Waals surface area contributed by atoms with E-state index in [0.29, 0.717) is 10.2 Å². The Bertz CT molecular complexity index is 287. The molecule has 0 saturated carbocycles. The SMILES string of the molecule is CNC(=O)c1c[nH][nH]c1=S. The van der Waals surface area contributed by atoms with Gasteiger partial charge in [-0.1, -0.05) is 12.2 Å². The van der Waals surface area contributed by atoms with Crippen LogP contribution in [-0.4, -0.2) is 23.2 Å². The molecule has 54 valence electrons. The molecule has 0 aromatic carbocycles. The highest BCUT2D eigenvalue weighted by Gasteiger charge is 2.04. The van der Waals surface area contributed by atoms with E-state index in [0.717, 1.165) is 0 Å². The third kappa shape index (κ3) is 1.08. The number of amides is 1. The molecule has 1 heterocycles. The lowest BCUT2D eigenvalue weighted by Gasteiger charge is -1.90. The minimum atomic E-state index is -0.178. The van der Waals surface area contributed by atoms with Crippen LogP contribution in [-0.2, 0) is 0 Å². The smallest absolute Gasteiger partial charge is 0.255 e. The Balaban J connectivity index is 3.05. The maximum atomic E-state index is 10.9. The lowest BCUT2D eigenvalue weighted by molar-refractivity contribution is 0.0962. The molecule has 10 heavy (non-hydrogen) atoms. The first kappa shape index (κ1) is 7.01. The van der Waals surface area contributed by atoms with Gasteiger partial charge in [0, 0.05) is 13.2 Å². The number of aromatic nitrogens is 2. The highest BCUT2D eigenvalue weighted by molar-refractivity contribution is 7.71. The molecule has 0 fully saturated rings. The summed E-state index contributed by atoms with van der Waals surface area (Å²) in [6, 6.07) is 0. The Hall–Kier alpha value is -1.10. The fourth-order valence-electron chi connectivity index (χ4n) is 0.610. The Kier molecular flexibility index (Phi) is 1.86. The zero-order chi connectivity index (χ0) is 7.56. The molecule has 0 radical (unpaired) electrons. The fourth-order valence-corrected chi connectivity index (χ4v) is 0.821. The Morgan fingerprint density at radius 1 is 1.80 bits per heavy atom. The van der Waals surface area contributed by atoms with Crippen LogP contribution < -0.4 is 5.32 Å². The fraction of sp³-hybridized carbons (Fsp3) is 0.200. The van der Waals surface area contributed by atoms with E-state index < -0.39 is 0 Å². The molecule has 1 aromatic rings. The third-order valence-corrected chi connectivity index (χ3v) is 1.44. The van der Waals surface area contributed by atoms with Crippen molar-refractivity contribution >= 4 is 18.1 Å². The van der Waals surface area contributed by atoms with Gasteiger partial charge in [-0.25, -0.2) is 0 Å². The molecule has 0 bridgehead atoms. The van der Waals surface area contributed by atoms with Crippen LogP contribution in [0.2, 0.25) is 0 Å². The normalized spacial score (nSPS) is 9.30. The highest BCUT2D eigenvalue weighted by atomic mass is 32.1. The Morgan fingerprint density at radius 2 is 2.50 bits per heavy atom. The van der Waals surface area contributed by atoms with Gasteiger partial charge in [0.15, 0.2) is 0 Å². The minimum absolute atomic E-state index is 0.178. The van der Waals surface area contributed by atoms with Gasteiger partial charge in [-0.05, 0) is 0 Å². The van der Waals surface area contributed by atoms with Crippen LogP contribution in [0.5, 0.6) is 0 Å². The predicted octanol–water partition coefficient (Wildman–Crippen LogP) is 0.432. The number of hydrogen-bond donors (Lipinski definition) is 3. The summed E-state index contributed by atoms with van der Waals surface area (Å²) in [6.07, 6.45) is 1.53. The van der Waals surface area contributed by atoms with Crippen molar-refractivity contribution in [2.75, 3.05) is 7.05 Å². The second-order valence-corrected chi connectivity index (χ2v) is 2.14. The molecular formula is C5H7N3OS. The van der Waals surface area contributed by atoms with Crippen molar-refractivity contribution < 1.29 is 4.79 Å². The van der Waals surface area contributed by atoms with Crippen molar-refractivity contribution in [3.05, 3.63) is 16.4 Å². The number of carbonyl (C=O) groups is 1. The molecule has 4 nitrogen and oxygen atoms in total. The van der Waals surface area contributed by atoms with E-state index in [9.17, 15) is 4.79 Å². The molecular weight excluding hydrogens is 150 g/mol. The van der Waals surface area contributed by atoms with Gasteiger partial charge in [-0.2, -0.15) is 0 Å². The number of nitrogens with one attached hydrogen (secondary N) is 3. The van der Waals surface area contributed by atoms with Crippen LogP contribution in [0.4, 0.5) is 0 Å². The van der Waals surface area contributed by atoms with Gasteiger partial charge in [0.05, 0.1) is 5.56 Å². The standard InChI is InChI=1S/C5H7N3OS/c1-6-4(9)3-2-7-8-5(3)10/h2H,1H3,(H,6,9)(H2,7,8,10). The molecule has 1 rings (SSSR count). The second-order valence-electron chi connectivity index (χ2n) is 1.74. The zero-order valence-electron chi connectivity index (χ0n) is 5.39. The van der Waals surface area contributed by atoms with Gasteiger partial charge < -0.3 is 10.4 Å². The zero-order valence-corrected chi connectivity index (χ0v) is 6.21. The Labute approximate surface area is 62.6 Å². The molecule has 0 aliphatic rings. The average molecular weight is 157 g/mol. The van der Waals surface area contributed by atoms with Crippen molar-refractivity contribution in [3.8, 4) is 0 Å². The van der Waals surface area contributed by atoms with E-state index in [-0.39, 0.29) is 5.91 Å². The van der Waals surface area contributed by atoms with Crippen LogP contribution in [0, 0.1) is 4.64 Å². The molecule has 1 amide bonds. The third-order valence-electron chi connectivity index (χ3n) is 1.12. The van der Waals surface area contributed by atoms with Crippen molar-refractivity contribution in [2.24, 2.45) is 0 Å². The first-order valence-electron chi connectivity index (χ1n) is 2.74. The van der Waals surface area contributed by atoms with Crippen molar-refractivity contribution in [3.63, 3.8) is 0 Å². The van der Waals surface area contributed by atoms with Gasteiger partial charge in [-0.15, -0.1) is 0 Å². The summed E-state index contributed by atoms with van der Waals surface area (Å²) in [6.45, 7) is 0. The molecule has 0 atom stereocenters. The van der Waals surface area contributed by atoms with Crippen LogP contribution in [0.25, 0.3) is 0 Å². The molecule has 1 aromatic heterocycles. The molecule has 5 heteroatoms. The number of H-pyrrole nitrogens is 2. The van der Waals surface area contributed by atoms with E-state index in [1.165, 1.54) is 6.20 Å². The summed E-state index contributed by atoms with van der Waals surface area (Å²) in [7, 11) is 1.56. The minimum Gasteiger partial charge on any atom is -0.355 e. The topological polar surface area (TPSA) is 60.7 Å². The Morgan fingerprint density at radius 3 is 2.90 bits per heavy atom. The summed E-state index contributed by atoms with van der Waals surface area (Å²) >= 11 is 4.78. The molecule has 0 aliphatic carbocycles. The van der Waals surface area contributed by atoms with Crippen LogP contribution in [0.1, 0.15) is 10.4 Å². The summed E-state index contributed by atoms with van der Waals surface area (Å²) < 4.78 is 0.430. The molecule has 0 saturated heterocycles. The monoisotopic (exact) mass is 157 g/mol. The summed E-state index contributed by atoms with van der Waals surface area (Å²) in [5, 5.41) is 7.70. The molecule has 0 unspecified atom stereocenters. The number of rotatable bonds is 1. The molecule has 3 N–H and O–H groups in total. The van der Waals surface area contributed by atoms with Crippen molar-refractivity contribution in [1.29, 1.82) is 0 Å². The largest absolute Gasteiger partial charge is 0.355 e. The number of carbonyl (C=O) groups excluding carboxylic acids is 1. The van der Waals surface area contributed by atoms with Crippen molar-refractivity contribution in [1.82, 2.24) is 15.5 Å². The maximum absolute atomic E-state index is 10.9. The van der Waals surface area contributed by atoms with E-state index in [1.54, 1.807) is 7.05 Å². The van der Waals surface area contributed by atoms with Gasteiger partial charge in [-0.3, -0.25) is 9.89 Å². The number of hydrogen-bond acceptors (Lipinski definition) is 2. The maximum Gasteiger partial charge on any atom is 0.255 e.